The van der Waals surface area contributed by atoms with E-state index in [1.807, 2.05) is 0 Å². The van der Waals surface area contributed by atoms with Gasteiger partial charge in [-0.25, -0.2) is 0 Å². The molecule has 3 aromatic carbocycles. The summed E-state index contributed by atoms with van der Waals surface area (Å²) in [5, 5.41) is 4.19. The fourth-order valence-electron chi connectivity index (χ4n) is 2.18. The summed E-state index contributed by atoms with van der Waals surface area (Å²) in [6, 6.07) is 32.3. The van der Waals surface area contributed by atoms with E-state index in [4.69, 9.17) is 0 Å². The van der Waals surface area contributed by atoms with Gasteiger partial charge in [0.25, 0.3) is 0 Å². The van der Waals surface area contributed by atoms with Crippen molar-refractivity contribution in [3.05, 3.63) is 91.0 Å². The zero-order valence-corrected chi connectivity index (χ0v) is 16.2. The maximum atomic E-state index is 2.58. The summed E-state index contributed by atoms with van der Waals surface area (Å²) in [5.41, 5.74) is 0. The fraction of sp³-hybridized carbons (Fsp3) is 0.100. The van der Waals surface area contributed by atoms with Gasteiger partial charge in [-0.2, -0.15) is 0 Å². The minimum Gasteiger partial charge on any atom is -0.147 e. The van der Waals surface area contributed by atoms with Crippen LogP contribution in [0.1, 0.15) is 6.92 Å². The van der Waals surface area contributed by atoms with Crippen LogP contribution in [0.5, 0.6) is 0 Å². The molecule has 0 amide bonds. The van der Waals surface area contributed by atoms with Crippen molar-refractivity contribution >= 4 is 45.5 Å². The van der Waals surface area contributed by atoms with E-state index < -0.39 is 7.92 Å². The highest BCUT2D eigenvalue weighted by molar-refractivity contribution is 7.79. The quantitative estimate of drug-likeness (QED) is 0.591. The van der Waals surface area contributed by atoms with E-state index >= 15 is 0 Å². The summed E-state index contributed by atoms with van der Waals surface area (Å²) in [4.78, 5) is 0. The van der Waals surface area contributed by atoms with Crippen molar-refractivity contribution in [3.63, 3.8) is 0 Å². The second-order valence-electron chi connectivity index (χ2n) is 4.75. The molecule has 0 radical (unpaired) electrons. The molecule has 0 spiro atoms. The molecule has 0 nitrogen and oxygen atoms in total. The van der Waals surface area contributed by atoms with E-state index in [2.05, 4.69) is 107 Å². The van der Waals surface area contributed by atoms with E-state index in [-0.39, 0.29) is 12.4 Å². The van der Waals surface area contributed by atoms with Crippen molar-refractivity contribution in [1.82, 2.24) is 0 Å². The fourth-order valence-corrected chi connectivity index (χ4v) is 4.48. The van der Waals surface area contributed by atoms with Crippen molar-refractivity contribution in [2.45, 2.75) is 6.92 Å². The molecule has 3 aromatic rings. The number of halogens is 1. The van der Waals surface area contributed by atoms with E-state index in [1.165, 1.54) is 22.1 Å². The zero-order valence-electron chi connectivity index (χ0n) is 13.3. The Morgan fingerprint density at radius 3 is 1.04 bits per heavy atom. The molecule has 0 heterocycles. The molecule has 0 saturated carbocycles. The lowest BCUT2D eigenvalue weighted by atomic mass is 10.4. The van der Waals surface area contributed by atoms with Gasteiger partial charge in [0, 0.05) is 0 Å². The van der Waals surface area contributed by atoms with Gasteiger partial charge < -0.3 is 0 Å². The smallest absolute Gasteiger partial charge is 0.0134 e. The van der Waals surface area contributed by atoms with Crippen LogP contribution in [0, 0.1) is 0 Å². The van der Waals surface area contributed by atoms with Crippen molar-refractivity contribution in [2.75, 3.05) is 6.16 Å². The number of rotatable bonds is 3. The third kappa shape index (κ3) is 6.08. The molecule has 0 fully saturated rings. The first-order valence-corrected chi connectivity index (χ1v) is 9.68. The monoisotopic (exact) mass is 360 g/mol. The third-order valence-electron chi connectivity index (χ3n) is 3.04. The van der Waals surface area contributed by atoms with Gasteiger partial charge >= 0.3 is 0 Å². The Balaban J connectivity index is 0.000000615. The molecule has 120 valence electrons. The predicted molar refractivity (Wildman–Crippen MR) is 113 cm³/mol. The third-order valence-corrected chi connectivity index (χ3v) is 5.49. The number of benzene rings is 3. The van der Waals surface area contributed by atoms with E-state index in [0.29, 0.717) is 0 Å². The van der Waals surface area contributed by atoms with Gasteiger partial charge in [-0.05, 0) is 30.0 Å². The Morgan fingerprint density at radius 2 is 0.826 bits per heavy atom. The molecule has 0 aliphatic carbocycles. The lowest BCUT2D eigenvalue weighted by Gasteiger charge is -2.18. The molecule has 0 bridgehead atoms. The standard InChI is InChI=1S/C18H15P.C2H7P.ClH/c1-4-10-16(11-5-1)19(17-12-6-2-7-13-17)18-14-8-3-9-15-18;1-2-3;/h1-15H;2-3H2,1H3;1H. The first-order chi connectivity index (χ1) is 10.9. The van der Waals surface area contributed by atoms with E-state index in [1.54, 1.807) is 0 Å². The molecule has 0 aromatic heterocycles. The molecule has 3 rings (SSSR count). The Labute approximate surface area is 149 Å². The van der Waals surface area contributed by atoms with Crippen molar-refractivity contribution in [1.29, 1.82) is 0 Å². The molecule has 0 aliphatic rings. The maximum absolute atomic E-state index is 2.58. The SMILES string of the molecule is CCP.Cl.c1ccc(P(c2ccccc2)c2ccccc2)cc1. The molecule has 23 heavy (non-hydrogen) atoms. The summed E-state index contributed by atoms with van der Waals surface area (Å²) >= 11 is 0. The molecule has 1 unspecified atom stereocenters. The average Bonchev–Trinajstić information content (AvgIpc) is 2.59. The zero-order chi connectivity index (χ0) is 15.6. The normalized spacial score (nSPS) is 9.52. The highest BCUT2D eigenvalue weighted by Crippen LogP contribution is 2.32. The molecule has 0 saturated heterocycles. The highest BCUT2D eigenvalue weighted by Gasteiger charge is 2.14. The van der Waals surface area contributed by atoms with Crippen LogP contribution < -0.4 is 15.9 Å². The maximum Gasteiger partial charge on any atom is -0.0134 e. The van der Waals surface area contributed by atoms with E-state index in [0.717, 1.165) is 0 Å². The van der Waals surface area contributed by atoms with Gasteiger partial charge in [0.05, 0.1) is 0 Å². The van der Waals surface area contributed by atoms with Crippen LogP contribution >= 0.6 is 29.6 Å². The Bertz CT molecular complexity index is 548. The first-order valence-electron chi connectivity index (χ1n) is 7.52. The summed E-state index contributed by atoms with van der Waals surface area (Å²) in [7, 11) is 2.13. The van der Waals surface area contributed by atoms with Gasteiger partial charge in [-0.1, -0.05) is 97.9 Å². The lowest BCUT2D eigenvalue weighted by molar-refractivity contribution is 1.53. The lowest BCUT2D eigenvalue weighted by Crippen LogP contribution is -2.20. The molecule has 0 aliphatic heterocycles. The van der Waals surface area contributed by atoms with Crippen LogP contribution in [0.25, 0.3) is 0 Å². The summed E-state index contributed by atoms with van der Waals surface area (Å²) in [5.74, 6) is 0. The van der Waals surface area contributed by atoms with Gasteiger partial charge in [0.15, 0.2) is 0 Å². The molecular formula is C20H23ClP2. The number of hydrogen-bond acceptors (Lipinski definition) is 0. The molecule has 1 atom stereocenters. The van der Waals surface area contributed by atoms with Crippen LogP contribution in [0.4, 0.5) is 0 Å². The largest absolute Gasteiger partial charge is 0.147 e. The van der Waals surface area contributed by atoms with Gasteiger partial charge in [0.1, 0.15) is 0 Å². The van der Waals surface area contributed by atoms with Gasteiger partial charge in [-0.3, -0.25) is 0 Å². The van der Waals surface area contributed by atoms with Crippen molar-refractivity contribution < 1.29 is 0 Å². The second-order valence-corrected chi connectivity index (χ2v) is 7.79. The predicted octanol–water partition coefficient (Wildman–Crippen LogP) is 4.75. The summed E-state index contributed by atoms with van der Waals surface area (Å²) in [6.07, 6.45) is 1.17. The van der Waals surface area contributed by atoms with Crippen LogP contribution in [0.2, 0.25) is 0 Å². The second kappa shape index (κ2) is 11.4. The topological polar surface area (TPSA) is 0 Å². The minimum absolute atomic E-state index is 0. The van der Waals surface area contributed by atoms with Crippen LogP contribution in [0.3, 0.4) is 0 Å². The van der Waals surface area contributed by atoms with E-state index in [9.17, 15) is 0 Å². The summed E-state index contributed by atoms with van der Waals surface area (Å²) < 4.78 is 0. The van der Waals surface area contributed by atoms with Gasteiger partial charge in [-0.15, -0.1) is 21.6 Å². The first kappa shape index (κ1) is 19.9. The average molecular weight is 361 g/mol. The van der Waals surface area contributed by atoms with Crippen LogP contribution in [0.15, 0.2) is 91.0 Å². The summed E-state index contributed by atoms with van der Waals surface area (Å²) in [6.45, 7) is 2.09. The minimum atomic E-state index is -0.446. The Kier molecular flexibility index (Phi) is 9.81. The Morgan fingerprint density at radius 1 is 0.609 bits per heavy atom. The Hall–Kier alpha value is -1.19. The van der Waals surface area contributed by atoms with Crippen LogP contribution in [-0.4, -0.2) is 6.16 Å². The number of hydrogen-bond donors (Lipinski definition) is 0. The molecule has 0 N–H and O–H groups in total. The molecular weight excluding hydrogens is 338 g/mol. The van der Waals surface area contributed by atoms with Crippen molar-refractivity contribution in [3.8, 4) is 0 Å². The van der Waals surface area contributed by atoms with Crippen LogP contribution in [-0.2, 0) is 0 Å². The van der Waals surface area contributed by atoms with Crippen molar-refractivity contribution in [2.24, 2.45) is 0 Å². The van der Waals surface area contributed by atoms with Gasteiger partial charge in [0.2, 0.25) is 0 Å². The highest BCUT2D eigenvalue weighted by atomic mass is 35.5. The molecule has 3 heteroatoms.